The van der Waals surface area contributed by atoms with E-state index in [2.05, 4.69) is 23.7 Å². The molecule has 0 spiro atoms. The number of aliphatic imine (C=N–C) groups is 1. The number of carbonyl (C=O) groups excluding carboxylic acids is 1. The maximum absolute atomic E-state index is 11.9. The highest BCUT2D eigenvalue weighted by Gasteiger charge is 2.60. The number of nitrogens with zero attached hydrogens (tertiary/aromatic N) is 1. The first-order valence-electron chi connectivity index (χ1n) is 6.44. The van der Waals surface area contributed by atoms with Crippen molar-refractivity contribution in [2.45, 2.75) is 31.7 Å². The van der Waals surface area contributed by atoms with Crippen LogP contribution in [0.15, 0.2) is 41.4 Å². The summed E-state index contributed by atoms with van der Waals surface area (Å²) in [6.07, 6.45) is 12.7. The Kier molecular flexibility index (Phi) is 3.80. The molecule has 1 saturated carbocycles. The van der Waals surface area contributed by atoms with E-state index in [1.165, 1.54) is 0 Å². The van der Waals surface area contributed by atoms with E-state index in [4.69, 9.17) is 4.74 Å². The van der Waals surface area contributed by atoms with Gasteiger partial charge in [0.2, 0.25) is 0 Å². The largest absolute Gasteiger partial charge is 0.464 e. The van der Waals surface area contributed by atoms with Gasteiger partial charge in [0, 0.05) is 12.1 Å². The van der Waals surface area contributed by atoms with E-state index in [9.17, 15) is 4.79 Å². The van der Waals surface area contributed by atoms with Crippen molar-refractivity contribution in [3.63, 3.8) is 0 Å². The fourth-order valence-corrected chi connectivity index (χ4v) is 2.17. The highest BCUT2D eigenvalue weighted by molar-refractivity contribution is 5.91. The van der Waals surface area contributed by atoms with Gasteiger partial charge in [-0.3, -0.25) is 4.99 Å². The number of rotatable bonds is 5. The minimum atomic E-state index is -0.704. The molecule has 2 rings (SSSR count). The lowest BCUT2D eigenvalue weighted by molar-refractivity contribution is -0.146. The number of esters is 1. The highest BCUT2D eigenvalue weighted by atomic mass is 16.5. The van der Waals surface area contributed by atoms with E-state index in [1.54, 1.807) is 12.3 Å². The van der Waals surface area contributed by atoms with Crippen molar-refractivity contribution >= 4 is 12.2 Å². The van der Waals surface area contributed by atoms with Gasteiger partial charge in [-0.05, 0) is 31.8 Å². The Morgan fingerprint density at radius 3 is 3.06 bits per heavy atom. The van der Waals surface area contributed by atoms with Crippen molar-refractivity contribution < 1.29 is 9.53 Å². The summed E-state index contributed by atoms with van der Waals surface area (Å²) < 4.78 is 5.10. The van der Waals surface area contributed by atoms with Crippen molar-refractivity contribution in [3.05, 3.63) is 36.5 Å². The van der Waals surface area contributed by atoms with Crippen LogP contribution in [-0.4, -0.2) is 24.3 Å². The summed E-state index contributed by atoms with van der Waals surface area (Å²) in [5, 5.41) is 0. The van der Waals surface area contributed by atoms with Crippen LogP contribution >= 0.6 is 0 Å². The van der Waals surface area contributed by atoms with E-state index in [0.29, 0.717) is 13.0 Å². The average Bonchev–Trinajstić information content (AvgIpc) is 3.13. The standard InChI is InChI=1S/C15H19NO2/c1-3-13-10-15(13,14(17)18-4-2)16-11-12-8-6-5-7-9-12/h3,6,8-9,11,13H,1,4-5,7,10H2,2H3/t13?,15-/m1/s1. The molecule has 1 fully saturated rings. The quantitative estimate of drug-likeness (QED) is 0.424. The first-order chi connectivity index (χ1) is 8.73. The topological polar surface area (TPSA) is 38.7 Å². The Morgan fingerprint density at radius 1 is 1.67 bits per heavy atom. The Labute approximate surface area is 108 Å². The second-order valence-electron chi connectivity index (χ2n) is 4.63. The lowest BCUT2D eigenvalue weighted by Crippen LogP contribution is -2.25. The van der Waals surface area contributed by atoms with Gasteiger partial charge < -0.3 is 4.74 Å². The molecule has 96 valence electrons. The minimum absolute atomic E-state index is 0.112. The van der Waals surface area contributed by atoms with Gasteiger partial charge in [0.25, 0.3) is 0 Å². The number of ether oxygens (including phenoxy) is 1. The third kappa shape index (κ3) is 2.45. The van der Waals surface area contributed by atoms with Crippen molar-refractivity contribution in [2.75, 3.05) is 6.61 Å². The van der Waals surface area contributed by atoms with Crippen LogP contribution in [0.3, 0.4) is 0 Å². The lowest BCUT2D eigenvalue weighted by Gasteiger charge is -2.10. The van der Waals surface area contributed by atoms with Crippen LogP contribution in [0.25, 0.3) is 0 Å². The molecule has 0 aromatic rings. The second-order valence-corrected chi connectivity index (χ2v) is 4.63. The first-order valence-corrected chi connectivity index (χ1v) is 6.44. The molecule has 18 heavy (non-hydrogen) atoms. The molecule has 3 nitrogen and oxygen atoms in total. The smallest absolute Gasteiger partial charge is 0.334 e. The van der Waals surface area contributed by atoms with Crippen molar-refractivity contribution in [3.8, 4) is 0 Å². The summed E-state index contributed by atoms with van der Waals surface area (Å²) in [4.78, 5) is 16.4. The van der Waals surface area contributed by atoms with Crippen LogP contribution in [0, 0.1) is 5.92 Å². The number of hydrogen-bond acceptors (Lipinski definition) is 3. The number of carbonyl (C=O) groups is 1. The molecule has 0 bridgehead atoms. The molecule has 2 aliphatic rings. The fraction of sp³-hybridized carbons (Fsp3) is 0.467. The van der Waals surface area contributed by atoms with Crippen molar-refractivity contribution in [2.24, 2.45) is 10.9 Å². The summed E-state index contributed by atoms with van der Waals surface area (Å²) in [5.74, 6) is -0.118. The summed E-state index contributed by atoms with van der Waals surface area (Å²) in [6, 6.07) is 0. The van der Waals surface area contributed by atoms with Gasteiger partial charge in [-0.25, -0.2) is 4.79 Å². The summed E-state index contributed by atoms with van der Waals surface area (Å²) in [6.45, 7) is 5.95. The van der Waals surface area contributed by atoms with Crippen LogP contribution in [0.1, 0.15) is 26.2 Å². The molecule has 0 aromatic heterocycles. The SMILES string of the molecule is C=CC1C[C@]1(N=CC1=CCCC=C1)C(=O)OCC. The van der Waals surface area contributed by atoms with Crippen LogP contribution in [0.5, 0.6) is 0 Å². The molecule has 0 aliphatic heterocycles. The third-order valence-electron chi connectivity index (χ3n) is 3.37. The highest BCUT2D eigenvalue weighted by Crippen LogP contribution is 2.48. The Morgan fingerprint density at radius 2 is 2.50 bits per heavy atom. The average molecular weight is 245 g/mol. The molecule has 0 N–H and O–H groups in total. The van der Waals surface area contributed by atoms with Gasteiger partial charge in [0.15, 0.2) is 5.54 Å². The van der Waals surface area contributed by atoms with Gasteiger partial charge in [-0.2, -0.15) is 0 Å². The first kappa shape index (κ1) is 12.8. The molecule has 0 heterocycles. The summed E-state index contributed by atoms with van der Waals surface area (Å²) in [7, 11) is 0. The zero-order chi connectivity index (χ0) is 13.0. The minimum Gasteiger partial charge on any atom is -0.464 e. The molecule has 0 amide bonds. The van der Waals surface area contributed by atoms with Crippen molar-refractivity contribution in [1.29, 1.82) is 0 Å². The molecular weight excluding hydrogens is 226 g/mol. The maximum atomic E-state index is 11.9. The maximum Gasteiger partial charge on any atom is 0.334 e. The Balaban J connectivity index is 2.10. The number of hydrogen-bond donors (Lipinski definition) is 0. The zero-order valence-corrected chi connectivity index (χ0v) is 10.8. The lowest BCUT2D eigenvalue weighted by atomic mass is 10.1. The molecule has 3 heteroatoms. The molecule has 1 unspecified atom stereocenters. The predicted molar refractivity (Wildman–Crippen MR) is 72.6 cm³/mol. The second kappa shape index (κ2) is 5.34. The predicted octanol–water partition coefficient (Wildman–Crippen LogP) is 2.84. The van der Waals surface area contributed by atoms with Crippen LogP contribution in [0.4, 0.5) is 0 Å². The number of allylic oxidation sites excluding steroid dienone is 4. The summed E-state index contributed by atoms with van der Waals surface area (Å²) >= 11 is 0. The molecule has 2 aliphatic carbocycles. The van der Waals surface area contributed by atoms with Crippen LogP contribution in [0.2, 0.25) is 0 Å². The zero-order valence-electron chi connectivity index (χ0n) is 10.8. The van der Waals surface area contributed by atoms with Gasteiger partial charge in [-0.1, -0.05) is 24.3 Å². The molecule has 2 atom stereocenters. The normalized spacial score (nSPS) is 30.1. The molecular formula is C15H19NO2. The molecule has 0 radical (unpaired) electrons. The Hall–Kier alpha value is -1.64. The van der Waals surface area contributed by atoms with Crippen LogP contribution in [-0.2, 0) is 9.53 Å². The summed E-state index contributed by atoms with van der Waals surface area (Å²) in [5.41, 5.74) is 0.365. The van der Waals surface area contributed by atoms with Gasteiger partial charge in [0.05, 0.1) is 6.61 Å². The van der Waals surface area contributed by atoms with Crippen LogP contribution < -0.4 is 0 Å². The van der Waals surface area contributed by atoms with E-state index in [-0.39, 0.29) is 11.9 Å². The monoisotopic (exact) mass is 245 g/mol. The molecule has 0 saturated heterocycles. The molecule has 0 aromatic carbocycles. The Bertz CT molecular complexity index is 434. The van der Waals surface area contributed by atoms with E-state index >= 15 is 0 Å². The van der Waals surface area contributed by atoms with E-state index < -0.39 is 5.54 Å². The van der Waals surface area contributed by atoms with Gasteiger partial charge in [-0.15, -0.1) is 6.58 Å². The third-order valence-corrected chi connectivity index (χ3v) is 3.37. The van der Waals surface area contributed by atoms with E-state index in [1.807, 2.05) is 13.0 Å². The van der Waals surface area contributed by atoms with Gasteiger partial charge >= 0.3 is 5.97 Å². The fourth-order valence-electron chi connectivity index (χ4n) is 2.17. The van der Waals surface area contributed by atoms with Gasteiger partial charge in [0.1, 0.15) is 0 Å². The van der Waals surface area contributed by atoms with Crippen molar-refractivity contribution in [1.82, 2.24) is 0 Å². The van der Waals surface area contributed by atoms with E-state index in [0.717, 1.165) is 18.4 Å².